The van der Waals surface area contributed by atoms with Crippen LogP contribution in [0.25, 0.3) is 0 Å². The number of halogens is 1. The summed E-state index contributed by atoms with van der Waals surface area (Å²) in [5.74, 6) is -0.158. The molecule has 0 radical (unpaired) electrons. The second-order valence-electron chi connectivity index (χ2n) is 5.04. The van der Waals surface area contributed by atoms with Gasteiger partial charge in [0.05, 0.1) is 0 Å². The van der Waals surface area contributed by atoms with Gasteiger partial charge in [-0.15, -0.1) is 0 Å². The molecule has 0 bridgehead atoms. The molecule has 0 heterocycles. The summed E-state index contributed by atoms with van der Waals surface area (Å²) >= 11 is 0. The highest BCUT2D eigenvalue weighted by atomic mass is 19.1. The first-order valence-electron chi connectivity index (χ1n) is 6.37. The van der Waals surface area contributed by atoms with E-state index in [1.54, 1.807) is 6.07 Å². The van der Waals surface area contributed by atoms with Crippen molar-refractivity contribution in [3.05, 3.63) is 35.1 Å². The fourth-order valence-corrected chi connectivity index (χ4v) is 1.84. The molecule has 1 aromatic carbocycles. The molecule has 0 aromatic heterocycles. The maximum Gasteiger partial charge on any atom is 0.123 e. The van der Waals surface area contributed by atoms with Gasteiger partial charge in [-0.2, -0.15) is 0 Å². The van der Waals surface area contributed by atoms with E-state index in [1.807, 2.05) is 13.0 Å². The SMILES string of the molecule is Cc1cc(F)ccc1CNC(C)CNC1CC1. The smallest absolute Gasteiger partial charge is 0.123 e. The molecule has 0 saturated heterocycles. The minimum absolute atomic E-state index is 0.158. The maximum atomic E-state index is 12.9. The molecular weight excluding hydrogens is 215 g/mol. The minimum Gasteiger partial charge on any atom is -0.312 e. The number of hydrogen-bond acceptors (Lipinski definition) is 2. The monoisotopic (exact) mass is 236 g/mol. The van der Waals surface area contributed by atoms with E-state index in [9.17, 15) is 4.39 Å². The largest absolute Gasteiger partial charge is 0.312 e. The van der Waals surface area contributed by atoms with Crippen molar-refractivity contribution in [3.8, 4) is 0 Å². The lowest BCUT2D eigenvalue weighted by atomic mass is 10.1. The van der Waals surface area contributed by atoms with Crippen LogP contribution in [0.5, 0.6) is 0 Å². The summed E-state index contributed by atoms with van der Waals surface area (Å²) in [7, 11) is 0. The van der Waals surface area contributed by atoms with Gasteiger partial charge >= 0.3 is 0 Å². The van der Waals surface area contributed by atoms with Crippen LogP contribution in [0.15, 0.2) is 18.2 Å². The van der Waals surface area contributed by atoms with E-state index < -0.39 is 0 Å². The van der Waals surface area contributed by atoms with Crippen LogP contribution in [-0.2, 0) is 6.54 Å². The van der Waals surface area contributed by atoms with E-state index in [1.165, 1.54) is 24.5 Å². The highest BCUT2D eigenvalue weighted by Crippen LogP contribution is 2.18. The normalized spacial score (nSPS) is 17.1. The maximum absolute atomic E-state index is 12.9. The Morgan fingerprint density at radius 3 is 2.82 bits per heavy atom. The molecule has 1 aliphatic rings. The highest BCUT2D eigenvalue weighted by Gasteiger charge is 2.20. The van der Waals surface area contributed by atoms with Crippen molar-refractivity contribution in [1.29, 1.82) is 0 Å². The third-order valence-corrected chi connectivity index (χ3v) is 3.24. The van der Waals surface area contributed by atoms with Crippen molar-refractivity contribution in [2.24, 2.45) is 0 Å². The van der Waals surface area contributed by atoms with E-state index in [0.29, 0.717) is 6.04 Å². The van der Waals surface area contributed by atoms with E-state index in [4.69, 9.17) is 0 Å². The van der Waals surface area contributed by atoms with Crippen molar-refractivity contribution in [1.82, 2.24) is 10.6 Å². The summed E-state index contributed by atoms with van der Waals surface area (Å²) < 4.78 is 12.9. The average molecular weight is 236 g/mol. The van der Waals surface area contributed by atoms with Crippen LogP contribution in [0.4, 0.5) is 4.39 Å². The molecule has 1 unspecified atom stereocenters. The lowest BCUT2D eigenvalue weighted by Gasteiger charge is -2.15. The van der Waals surface area contributed by atoms with Gasteiger partial charge in [0.25, 0.3) is 0 Å². The number of aryl methyl sites for hydroxylation is 1. The van der Waals surface area contributed by atoms with Crippen LogP contribution in [-0.4, -0.2) is 18.6 Å². The molecule has 1 saturated carbocycles. The van der Waals surface area contributed by atoms with Crippen molar-refractivity contribution in [3.63, 3.8) is 0 Å². The quantitative estimate of drug-likeness (QED) is 0.792. The Morgan fingerprint density at radius 1 is 1.41 bits per heavy atom. The van der Waals surface area contributed by atoms with Gasteiger partial charge in [-0.3, -0.25) is 0 Å². The van der Waals surface area contributed by atoms with Gasteiger partial charge in [-0.05, 0) is 49.9 Å². The first kappa shape index (κ1) is 12.5. The fraction of sp³-hybridized carbons (Fsp3) is 0.571. The Balaban J connectivity index is 1.75. The summed E-state index contributed by atoms with van der Waals surface area (Å²) in [6, 6.07) is 6.17. The molecule has 2 rings (SSSR count). The molecule has 2 N–H and O–H groups in total. The number of benzene rings is 1. The van der Waals surface area contributed by atoms with E-state index in [0.717, 1.165) is 24.7 Å². The Hall–Kier alpha value is -0.930. The van der Waals surface area contributed by atoms with Gasteiger partial charge in [-0.1, -0.05) is 6.07 Å². The van der Waals surface area contributed by atoms with Crippen LogP contribution < -0.4 is 10.6 Å². The molecule has 94 valence electrons. The Bertz CT molecular complexity index is 374. The van der Waals surface area contributed by atoms with Gasteiger partial charge in [-0.25, -0.2) is 4.39 Å². The molecule has 1 atom stereocenters. The summed E-state index contributed by atoms with van der Waals surface area (Å²) in [4.78, 5) is 0. The summed E-state index contributed by atoms with van der Waals surface area (Å²) in [6.45, 7) is 5.94. The van der Waals surface area contributed by atoms with Crippen molar-refractivity contribution in [2.75, 3.05) is 6.54 Å². The molecule has 1 fully saturated rings. The van der Waals surface area contributed by atoms with Crippen LogP contribution in [0.2, 0.25) is 0 Å². The van der Waals surface area contributed by atoms with Crippen molar-refractivity contribution < 1.29 is 4.39 Å². The molecule has 17 heavy (non-hydrogen) atoms. The van der Waals surface area contributed by atoms with E-state index in [-0.39, 0.29) is 5.82 Å². The summed E-state index contributed by atoms with van der Waals surface area (Å²) in [6.07, 6.45) is 2.65. The van der Waals surface area contributed by atoms with E-state index >= 15 is 0 Å². The topological polar surface area (TPSA) is 24.1 Å². The third kappa shape index (κ3) is 4.10. The lowest BCUT2D eigenvalue weighted by Crippen LogP contribution is -2.36. The zero-order valence-electron chi connectivity index (χ0n) is 10.6. The van der Waals surface area contributed by atoms with Crippen LogP contribution in [0.1, 0.15) is 30.9 Å². The van der Waals surface area contributed by atoms with Crippen molar-refractivity contribution >= 4 is 0 Å². The highest BCUT2D eigenvalue weighted by molar-refractivity contribution is 5.26. The molecule has 2 nitrogen and oxygen atoms in total. The lowest BCUT2D eigenvalue weighted by molar-refractivity contribution is 0.499. The molecular formula is C14H21FN2. The molecule has 1 aliphatic carbocycles. The average Bonchev–Trinajstić information content (AvgIpc) is 3.09. The predicted molar refractivity (Wildman–Crippen MR) is 68.5 cm³/mol. The Kier molecular flexibility index (Phi) is 4.13. The fourth-order valence-electron chi connectivity index (χ4n) is 1.84. The first-order chi connectivity index (χ1) is 8.15. The zero-order valence-corrected chi connectivity index (χ0v) is 10.6. The standard InChI is InChI=1S/C14H21FN2/c1-10-7-13(15)4-3-12(10)9-16-11(2)8-17-14-5-6-14/h3-4,7,11,14,16-17H,5-6,8-9H2,1-2H3. The van der Waals surface area contributed by atoms with E-state index in [2.05, 4.69) is 17.6 Å². The zero-order chi connectivity index (χ0) is 12.3. The predicted octanol–water partition coefficient (Wildman–Crippen LogP) is 2.36. The molecule has 0 spiro atoms. The van der Waals surface area contributed by atoms with Gasteiger partial charge < -0.3 is 10.6 Å². The minimum atomic E-state index is -0.158. The van der Waals surface area contributed by atoms with Crippen LogP contribution >= 0.6 is 0 Å². The van der Waals surface area contributed by atoms with Gasteiger partial charge in [0, 0.05) is 25.2 Å². The van der Waals surface area contributed by atoms with Crippen molar-refractivity contribution in [2.45, 2.75) is 45.3 Å². The summed E-state index contributed by atoms with van der Waals surface area (Å²) in [5, 5.41) is 6.95. The summed E-state index contributed by atoms with van der Waals surface area (Å²) in [5.41, 5.74) is 2.18. The molecule has 0 amide bonds. The molecule has 1 aromatic rings. The number of nitrogens with one attached hydrogen (secondary N) is 2. The Labute approximate surface area is 103 Å². The second-order valence-corrected chi connectivity index (χ2v) is 5.04. The molecule has 3 heteroatoms. The number of hydrogen-bond donors (Lipinski definition) is 2. The van der Waals surface area contributed by atoms with Crippen LogP contribution in [0, 0.1) is 12.7 Å². The third-order valence-electron chi connectivity index (χ3n) is 3.24. The van der Waals surface area contributed by atoms with Crippen LogP contribution in [0.3, 0.4) is 0 Å². The second kappa shape index (κ2) is 5.61. The first-order valence-corrected chi connectivity index (χ1v) is 6.37. The van der Waals surface area contributed by atoms with Gasteiger partial charge in [0.15, 0.2) is 0 Å². The molecule has 0 aliphatic heterocycles. The Morgan fingerprint density at radius 2 is 2.18 bits per heavy atom. The number of rotatable bonds is 6. The van der Waals surface area contributed by atoms with Gasteiger partial charge in [0.2, 0.25) is 0 Å². The van der Waals surface area contributed by atoms with Gasteiger partial charge in [0.1, 0.15) is 5.82 Å².